The lowest BCUT2D eigenvalue weighted by atomic mass is 10.1. The number of carbonyl (C=O) groups is 2. The molecule has 5 nitrogen and oxygen atoms in total. The molecule has 1 aromatic heterocycles. The number of anilines is 1. The fraction of sp³-hybridized carbons (Fsp3) is 0.235. The molecule has 0 fully saturated rings. The van der Waals surface area contributed by atoms with E-state index in [1.165, 1.54) is 18.7 Å². The van der Waals surface area contributed by atoms with Gasteiger partial charge in [-0.3, -0.25) is 9.78 Å². The molecular weight excluding hydrogens is 360 g/mol. The molecule has 1 heterocycles. The molecule has 0 aliphatic heterocycles. The number of rotatable bonds is 5. The Labute approximate surface area is 143 Å². The molecule has 0 aliphatic rings. The molecule has 1 atom stereocenters. The lowest BCUT2D eigenvalue weighted by Crippen LogP contribution is -2.30. The number of ether oxygens (including phenoxy) is 1. The summed E-state index contributed by atoms with van der Waals surface area (Å²) in [5.74, 6) is -0.978. The fourth-order valence-electron chi connectivity index (χ4n) is 1.87. The Kier molecular flexibility index (Phi) is 5.87. The average molecular weight is 377 g/mol. The first-order valence-electron chi connectivity index (χ1n) is 7.21. The highest BCUT2D eigenvalue weighted by molar-refractivity contribution is 9.10. The molecule has 0 aliphatic carbocycles. The van der Waals surface area contributed by atoms with Crippen molar-refractivity contribution in [3.8, 4) is 0 Å². The van der Waals surface area contributed by atoms with Crippen LogP contribution in [0, 0.1) is 0 Å². The van der Waals surface area contributed by atoms with Crippen LogP contribution in [0.25, 0.3) is 0 Å². The number of hydrogen-bond acceptors (Lipinski definition) is 4. The van der Waals surface area contributed by atoms with Gasteiger partial charge in [-0.2, -0.15) is 0 Å². The second-order valence-corrected chi connectivity index (χ2v) is 5.89. The average Bonchev–Trinajstić information content (AvgIpc) is 2.55. The van der Waals surface area contributed by atoms with Gasteiger partial charge in [0, 0.05) is 22.6 Å². The smallest absolute Gasteiger partial charge is 0.340 e. The fourth-order valence-corrected chi connectivity index (χ4v) is 2.24. The number of amides is 1. The summed E-state index contributed by atoms with van der Waals surface area (Å²) in [6, 6.07) is 9.12. The predicted octanol–water partition coefficient (Wildman–Crippen LogP) is 3.59. The van der Waals surface area contributed by atoms with E-state index >= 15 is 0 Å². The summed E-state index contributed by atoms with van der Waals surface area (Å²) >= 11 is 3.23. The van der Waals surface area contributed by atoms with Gasteiger partial charge in [-0.05, 0) is 53.0 Å². The van der Waals surface area contributed by atoms with Crippen molar-refractivity contribution < 1.29 is 14.3 Å². The lowest BCUT2D eigenvalue weighted by Gasteiger charge is -2.13. The molecule has 0 unspecified atom stereocenters. The molecule has 1 aromatic carbocycles. The summed E-state index contributed by atoms with van der Waals surface area (Å²) in [4.78, 5) is 28.0. The van der Waals surface area contributed by atoms with E-state index in [1.54, 1.807) is 12.3 Å². The molecule has 1 N–H and O–H groups in total. The van der Waals surface area contributed by atoms with Crippen molar-refractivity contribution in [2.75, 3.05) is 5.32 Å². The second kappa shape index (κ2) is 7.87. The van der Waals surface area contributed by atoms with Crippen LogP contribution < -0.4 is 5.32 Å². The molecule has 0 bridgehead atoms. The third kappa shape index (κ3) is 4.89. The van der Waals surface area contributed by atoms with Crippen molar-refractivity contribution in [1.82, 2.24) is 4.98 Å². The number of pyridine rings is 1. The minimum absolute atomic E-state index is 0.284. The highest BCUT2D eigenvalue weighted by Gasteiger charge is 2.19. The van der Waals surface area contributed by atoms with Gasteiger partial charge in [0.05, 0.1) is 5.56 Å². The molecule has 6 heteroatoms. The minimum Gasteiger partial charge on any atom is -0.449 e. The van der Waals surface area contributed by atoms with Gasteiger partial charge < -0.3 is 10.1 Å². The first-order valence-corrected chi connectivity index (χ1v) is 8.00. The number of halogens is 1. The van der Waals surface area contributed by atoms with Crippen molar-refractivity contribution in [2.24, 2.45) is 0 Å². The van der Waals surface area contributed by atoms with Gasteiger partial charge in [0.2, 0.25) is 0 Å². The molecule has 0 radical (unpaired) electrons. The molecule has 2 aromatic rings. The Hall–Kier alpha value is -2.21. The SMILES string of the molecule is CCc1ccc(NC(=O)[C@@H](C)OC(=O)c2cncc(Br)c2)cc1. The zero-order valence-corrected chi connectivity index (χ0v) is 14.5. The number of benzene rings is 1. The van der Waals surface area contributed by atoms with E-state index in [4.69, 9.17) is 4.74 Å². The normalized spacial score (nSPS) is 11.6. The van der Waals surface area contributed by atoms with Gasteiger partial charge in [-0.15, -0.1) is 0 Å². The first-order chi connectivity index (χ1) is 11.0. The maximum absolute atomic E-state index is 12.1. The number of aromatic nitrogens is 1. The van der Waals surface area contributed by atoms with E-state index < -0.39 is 12.1 Å². The van der Waals surface area contributed by atoms with E-state index in [0.29, 0.717) is 10.2 Å². The van der Waals surface area contributed by atoms with Gasteiger partial charge in [0.1, 0.15) is 0 Å². The van der Waals surface area contributed by atoms with Crippen LogP contribution in [0.4, 0.5) is 5.69 Å². The third-order valence-electron chi connectivity index (χ3n) is 3.22. The topological polar surface area (TPSA) is 68.3 Å². The Balaban J connectivity index is 1.95. The van der Waals surface area contributed by atoms with E-state index in [9.17, 15) is 9.59 Å². The molecule has 0 spiro atoms. The lowest BCUT2D eigenvalue weighted by molar-refractivity contribution is -0.123. The second-order valence-electron chi connectivity index (χ2n) is 4.98. The molecule has 23 heavy (non-hydrogen) atoms. The van der Waals surface area contributed by atoms with Crippen molar-refractivity contribution in [3.05, 3.63) is 58.3 Å². The van der Waals surface area contributed by atoms with Gasteiger partial charge >= 0.3 is 5.97 Å². The van der Waals surface area contributed by atoms with Gasteiger partial charge in [-0.25, -0.2) is 4.79 Å². The van der Waals surface area contributed by atoms with Gasteiger partial charge in [0.25, 0.3) is 5.91 Å². The number of nitrogens with zero attached hydrogens (tertiary/aromatic N) is 1. The van der Waals surface area contributed by atoms with E-state index in [0.717, 1.165) is 6.42 Å². The number of nitrogens with one attached hydrogen (secondary N) is 1. The van der Waals surface area contributed by atoms with Crippen molar-refractivity contribution in [1.29, 1.82) is 0 Å². The van der Waals surface area contributed by atoms with Crippen LogP contribution in [-0.2, 0) is 16.0 Å². The van der Waals surface area contributed by atoms with Crippen LogP contribution >= 0.6 is 15.9 Å². The first kappa shape index (κ1) is 17.1. The standard InChI is InChI=1S/C17H17BrN2O3/c1-3-12-4-6-15(7-5-12)20-16(21)11(2)23-17(22)13-8-14(18)10-19-9-13/h4-11H,3H2,1-2H3,(H,20,21)/t11-/m1/s1. The third-order valence-corrected chi connectivity index (χ3v) is 3.66. The van der Waals surface area contributed by atoms with Crippen LogP contribution in [0.1, 0.15) is 29.8 Å². The summed E-state index contributed by atoms with van der Waals surface area (Å²) in [6.45, 7) is 3.59. The number of aryl methyl sites for hydroxylation is 1. The van der Waals surface area contributed by atoms with Crippen molar-refractivity contribution >= 4 is 33.5 Å². The van der Waals surface area contributed by atoms with Crippen LogP contribution in [0.2, 0.25) is 0 Å². The quantitative estimate of drug-likeness (QED) is 0.809. The highest BCUT2D eigenvalue weighted by atomic mass is 79.9. The zero-order valence-electron chi connectivity index (χ0n) is 12.9. The monoisotopic (exact) mass is 376 g/mol. The maximum atomic E-state index is 12.1. The van der Waals surface area contributed by atoms with Crippen molar-refractivity contribution in [2.45, 2.75) is 26.4 Å². The number of hydrogen-bond donors (Lipinski definition) is 1. The maximum Gasteiger partial charge on any atom is 0.340 e. The number of esters is 1. The summed E-state index contributed by atoms with van der Waals surface area (Å²) in [7, 11) is 0. The molecule has 1 amide bonds. The summed E-state index contributed by atoms with van der Waals surface area (Å²) in [6.07, 6.45) is 2.98. The highest BCUT2D eigenvalue weighted by Crippen LogP contribution is 2.13. The van der Waals surface area contributed by atoms with Crippen molar-refractivity contribution in [3.63, 3.8) is 0 Å². The Morgan fingerprint density at radius 3 is 2.57 bits per heavy atom. The molecule has 0 saturated carbocycles. The minimum atomic E-state index is -0.910. The predicted molar refractivity (Wildman–Crippen MR) is 91.3 cm³/mol. The molecule has 120 valence electrons. The van der Waals surface area contributed by atoms with E-state index in [1.807, 2.05) is 24.3 Å². The zero-order chi connectivity index (χ0) is 16.8. The van der Waals surface area contributed by atoms with Crippen LogP contribution in [-0.4, -0.2) is 23.0 Å². The number of carbonyl (C=O) groups excluding carboxylic acids is 2. The summed E-state index contributed by atoms with van der Waals surface area (Å²) < 4.78 is 5.83. The van der Waals surface area contributed by atoms with Gasteiger partial charge in [-0.1, -0.05) is 19.1 Å². The van der Waals surface area contributed by atoms with Crippen LogP contribution in [0.3, 0.4) is 0 Å². The Morgan fingerprint density at radius 1 is 1.26 bits per heavy atom. The summed E-state index contributed by atoms with van der Waals surface area (Å²) in [5.41, 5.74) is 2.13. The van der Waals surface area contributed by atoms with Crippen LogP contribution in [0.15, 0.2) is 47.2 Å². The largest absolute Gasteiger partial charge is 0.449 e. The molecular formula is C17H17BrN2O3. The van der Waals surface area contributed by atoms with Crippen LogP contribution in [0.5, 0.6) is 0 Å². The van der Waals surface area contributed by atoms with Gasteiger partial charge in [0.15, 0.2) is 6.10 Å². The molecule has 2 rings (SSSR count). The Bertz CT molecular complexity index is 701. The summed E-state index contributed by atoms with van der Waals surface area (Å²) in [5, 5.41) is 2.72. The van der Waals surface area contributed by atoms with E-state index in [2.05, 4.69) is 33.2 Å². The van der Waals surface area contributed by atoms with E-state index in [-0.39, 0.29) is 11.5 Å². The Morgan fingerprint density at radius 2 is 1.96 bits per heavy atom. The molecule has 0 saturated heterocycles.